The van der Waals surface area contributed by atoms with Gasteiger partial charge in [-0.3, -0.25) is 14.4 Å². The van der Waals surface area contributed by atoms with E-state index in [-0.39, 0.29) is 17.3 Å². The highest BCUT2D eigenvalue weighted by Gasteiger charge is 2.22. The Hall–Kier alpha value is -1.04. The number of ether oxygens (including phenoxy) is 1. The smallest absolute Gasteiger partial charge is 0.310 e. The fourth-order valence-corrected chi connectivity index (χ4v) is 1.50. The van der Waals surface area contributed by atoms with Gasteiger partial charge in [-0.05, 0) is 0 Å². The Morgan fingerprint density at radius 2 is 2.00 bits per heavy atom. The fourth-order valence-electron chi connectivity index (χ4n) is 0.806. The lowest BCUT2D eigenvalue weighted by atomic mass is 10.1. The van der Waals surface area contributed by atoms with Crippen LogP contribution >= 0.6 is 11.8 Å². The van der Waals surface area contributed by atoms with Gasteiger partial charge in [-0.2, -0.15) is 0 Å². The van der Waals surface area contributed by atoms with E-state index in [9.17, 15) is 14.4 Å². The zero-order valence-electron chi connectivity index (χ0n) is 7.98. The van der Waals surface area contributed by atoms with Crippen molar-refractivity contribution in [3.8, 4) is 0 Å². The van der Waals surface area contributed by atoms with Gasteiger partial charge in [0.25, 0.3) is 0 Å². The number of carbonyl (C=O) groups excluding carboxylic acids is 2. The van der Waals surface area contributed by atoms with Crippen molar-refractivity contribution in [2.45, 2.75) is 13.3 Å². The minimum absolute atomic E-state index is 0.147. The fraction of sp³-hybridized carbons (Fsp3) is 0.625. The first-order valence-corrected chi connectivity index (χ1v) is 4.89. The summed E-state index contributed by atoms with van der Waals surface area (Å²) in [5.41, 5.74) is 0. The van der Waals surface area contributed by atoms with Crippen molar-refractivity contribution < 1.29 is 24.2 Å². The highest BCUT2D eigenvalue weighted by Crippen LogP contribution is 2.14. The second-order valence-corrected chi connectivity index (χ2v) is 3.82. The Balaban J connectivity index is 4.17. The van der Waals surface area contributed by atoms with Gasteiger partial charge in [0.2, 0.25) is 0 Å². The SMILES string of the molecule is COC(=O)C(CSC(C)=O)CC(=O)O. The topological polar surface area (TPSA) is 80.7 Å². The number of hydrogen-bond donors (Lipinski definition) is 1. The summed E-state index contributed by atoms with van der Waals surface area (Å²) in [6, 6.07) is 0. The van der Waals surface area contributed by atoms with Crippen molar-refractivity contribution in [3.05, 3.63) is 0 Å². The van der Waals surface area contributed by atoms with Gasteiger partial charge >= 0.3 is 11.9 Å². The Kier molecular flexibility index (Phi) is 5.94. The number of carbonyl (C=O) groups is 3. The van der Waals surface area contributed by atoms with Crippen molar-refractivity contribution in [2.75, 3.05) is 12.9 Å². The van der Waals surface area contributed by atoms with E-state index in [0.29, 0.717) is 0 Å². The van der Waals surface area contributed by atoms with Crippen molar-refractivity contribution in [1.82, 2.24) is 0 Å². The van der Waals surface area contributed by atoms with Gasteiger partial charge in [0.05, 0.1) is 19.4 Å². The molecule has 1 unspecified atom stereocenters. The molecular weight excluding hydrogens is 208 g/mol. The number of thioether (sulfide) groups is 1. The lowest BCUT2D eigenvalue weighted by Gasteiger charge is -2.10. The van der Waals surface area contributed by atoms with Gasteiger partial charge in [-0.15, -0.1) is 0 Å². The molecule has 1 atom stereocenters. The Morgan fingerprint density at radius 3 is 2.36 bits per heavy atom. The lowest BCUT2D eigenvalue weighted by molar-refractivity contribution is -0.149. The van der Waals surface area contributed by atoms with E-state index in [1.807, 2.05) is 0 Å². The standard InChI is InChI=1S/C8H12O5S/c1-5(9)14-4-6(3-7(10)11)8(12)13-2/h6H,3-4H2,1-2H3,(H,10,11). The monoisotopic (exact) mass is 220 g/mol. The van der Waals surface area contributed by atoms with Crippen LogP contribution in [0.3, 0.4) is 0 Å². The third-order valence-corrected chi connectivity index (χ3v) is 2.42. The van der Waals surface area contributed by atoms with E-state index in [4.69, 9.17) is 5.11 Å². The number of rotatable bonds is 5. The van der Waals surface area contributed by atoms with Crippen molar-refractivity contribution in [3.63, 3.8) is 0 Å². The maximum atomic E-state index is 11.0. The van der Waals surface area contributed by atoms with E-state index in [1.165, 1.54) is 14.0 Å². The maximum Gasteiger partial charge on any atom is 0.310 e. The zero-order valence-corrected chi connectivity index (χ0v) is 8.80. The second-order valence-electron chi connectivity index (χ2n) is 2.62. The van der Waals surface area contributed by atoms with Crippen molar-refractivity contribution in [1.29, 1.82) is 0 Å². The van der Waals surface area contributed by atoms with Crippen LogP contribution in [0.5, 0.6) is 0 Å². The van der Waals surface area contributed by atoms with Gasteiger partial charge < -0.3 is 9.84 Å². The van der Waals surface area contributed by atoms with Crippen LogP contribution in [-0.4, -0.2) is 35.0 Å². The van der Waals surface area contributed by atoms with Gasteiger partial charge in [0, 0.05) is 12.7 Å². The first-order chi connectivity index (χ1) is 6.47. The Bertz CT molecular complexity index is 238. The molecule has 0 heterocycles. The average Bonchev–Trinajstić information content (AvgIpc) is 2.10. The van der Waals surface area contributed by atoms with E-state index >= 15 is 0 Å². The van der Waals surface area contributed by atoms with E-state index in [1.54, 1.807) is 0 Å². The Morgan fingerprint density at radius 1 is 1.43 bits per heavy atom. The molecule has 5 nitrogen and oxygen atoms in total. The quantitative estimate of drug-likeness (QED) is 0.681. The molecule has 1 N–H and O–H groups in total. The van der Waals surface area contributed by atoms with Crippen molar-refractivity contribution >= 4 is 28.8 Å². The molecule has 0 aromatic rings. The molecule has 0 aliphatic carbocycles. The first kappa shape index (κ1) is 13.0. The number of carboxylic acids is 1. The summed E-state index contributed by atoms with van der Waals surface area (Å²) in [5, 5.41) is 8.34. The van der Waals surface area contributed by atoms with Crippen LogP contribution in [0.1, 0.15) is 13.3 Å². The summed E-state index contributed by atoms with van der Waals surface area (Å²) in [6.45, 7) is 1.36. The molecule has 0 rings (SSSR count). The normalized spacial score (nSPS) is 11.9. The number of hydrogen-bond acceptors (Lipinski definition) is 5. The number of carboxylic acid groups (broad SMARTS) is 1. The van der Waals surface area contributed by atoms with Crippen LogP contribution < -0.4 is 0 Å². The van der Waals surface area contributed by atoms with Gasteiger partial charge in [-0.25, -0.2) is 0 Å². The average molecular weight is 220 g/mol. The summed E-state index contributed by atoms with van der Waals surface area (Å²) in [6.07, 6.45) is -0.313. The van der Waals surface area contributed by atoms with Crippen molar-refractivity contribution in [2.24, 2.45) is 5.92 Å². The molecule has 0 amide bonds. The molecule has 0 fully saturated rings. The molecule has 0 spiro atoms. The summed E-state index contributed by atoms with van der Waals surface area (Å²) < 4.78 is 4.42. The molecule has 0 saturated heterocycles. The molecule has 0 aromatic carbocycles. The lowest BCUT2D eigenvalue weighted by Crippen LogP contribution is -2.22. The molecule has 0 aromatic heterocycles. The predicted octanol–water partition coefficient (Wildman–Crippen LogP) is 0.530. The third kappa shape index (κ3) is 5.58. The third-order valence-electron chi connectivity index (χ3n) is 1.44. The molecule has 0 radical (unpaired) electrons. The second kappa shape index (κ2) is 6.42. The van der Waals surface area contributed by atoms with Gasteiger partial charge in [-0.1, -0.05) is 11.8 Å². The Labute approximate surface area is 85.8 Å². The minimum atomic E-state index is -1.08. The largest absolute Gasteiger partial charge is 0.481 e. The minimum Gasteiger partial charge on any atom is -0.481 e. The molecule has 0 aliphatic rings. The molecule has 0 bridgehead atoms. The summed E-state index contributed by atoms with van der Waals surface area (Å²) in [5.74, 6) is -2.29. The number of esters is 1. The molecule has 14 heavy (non-hydrogen) atoms. The number of aliphatic carboxylic acids is 1. The highest BCUT2D eigenvalue weighted by atomic mass is 32.2. The summed E-state index contributed by atoms with van der Waals surface area (Å²) >= 11 is 0.922. The van der Waals surface area contributed by atoms with Crippen LogP contribution in [0.2, 0.25) is 0 Å². The molecule has 0 saturated carbocycles. The zero-order chi connectivity index (χ0) is 11.1. The molecule has 80 valence electrons. The van der Waals surface area contributed by atoms with E-state index in [0.717, 1.165) is 11.8 Å². The molecule has 0 aliphatic heterocycles. The number of methoxy groups -OCH3 is 1. The summed E-state index contributed by atoms with van der Waals surface area (Å²) in [4.78, 5) is 32.0. The summed E-state index contributed by atoms with van der Waals surface area (Å²) in [7, 11) is 1.19. The molecule has 6 heteroatoms. The van der Waals surface area contributed by atoms with Crippen LogP contribution in [0.15, 0.2) is 0 Å². The maximum absolute atomic E-state index is 11.0. The first-order valence-electron chi connectivity index (χ1n) is 3.90. The highest BCUT2D eigenvalue weighted by molar-refractivity contribution is 8.13. The predicted molar refractivity (Wildman–Crippen MR) is 50.9 cm³/mol. The molecular formula is C8H12O5S. The van der Waals surface area contributed by atoms with Crippen LogP contribution in [0.4, 0.5) is 0 Å². The van der Waals surface area contributed by atoms with E-state index in [2.05, 4.69) is 4.74 Å². The van der Waals surface area contributed by atoms with Gasteiger partial charge in [0.15, 0.2) is 5.12 Å². The van der Waals surface area contributed by atoms with Gasteiger partial charge in [0.1, 0.15) is 0 Å². The van der Waals surface area contributed by atoms with E-state index < -0.39 is 17.9 Å². The van der Waals surface area contributed by atoms with Crippen LogP contribution in [0.25, 0.3) is 0 Å². The van der Waals surface area contributed by atoms with Crippen LogP contribution in [0, 0.1) is 5.92 Å². The van der Waals surface area contributed by atoms with Crippen LogP contribution in [-0.2, 0) is 19.1 Å².